The van der Waals surface area contributed by atoms with Crippen molar-refractivity contribution in [3.8, 4) is 0 Å². The van der Waals surface area contributed by atoms with Gasteiger partial charge >= 0.3 is 0 Å². The highest BCUT2D eigenvalue weighted by atomic mass is 32.2. The molecule has 8 heteroatoms. The van der Waals surface area contributed by atoms with E-state index < -0.39 is 10.0 Å². The molecule has 0 saturated carbocycles. The lowest BCUT2D eigenvalue weighted by Crippen LogP contribution is -2.27. The second kappa shape index (κ2) is 6.21. The van der Waals surface area contributed by atoms with E-state index in [4.69, 9.17) is 0 Å². The lowest BCUT2D eigenvalue weighted by atomic mass is 10.2. The number of aryl methyl sites for hydroxylation is 3. The summed E-state index contributed by atoms with van der Waals surface area (Å²) in [5, 5.41) is 0.208. The smallest absolute Gasteiger partial charge is 0.257 e. The Balaban J connectivity index is 1.62. The van der Waals surface area contributed by atoms with Gasteiger partial charge in [-0.25, -0.2) is 23.1 Å². The van der Waals surface area contributed by atoms with Crippen LogP contribution < -0.4 is 4.72 Å². The number of rotatable bonds is 6. The summed E-state index contributed by atoms with van der Waals surface area (Å²) < 4.78 is 30.9. The number of aromatic nitrogens is 4. The Hall–Kier alpha value is -1.67. The Bertz CT molecular complexity index is 724. The van der Waals surface area contributed by atoms with Crippen LogP contribution in [-0.2, 0) is 36.0 Å². The fourth-order valence-corrected chi connectivity index (χ4v) is 3.95. The molecule has 2 aromatic heterocycles. The van der Waals surface area contributed by atoms with E-state index in [0.29, 0.717) is 19.5 Å². The first-order valence-electron chi connectivity index (χ1n) is 7.65. The van der Waals surface area contributed by atoms with Crippen molar-refractivity contribution in [1.29, 1.82) is 0 Å². The number of fused-ring (bicyclic) bond motifs is 1. The highest BCUT2D eigenvalue weighted by molar-refractivity contribution is 7.89. The number of hydrogen-bond acceptors (Lipinski definition) is 4. The van der Waals surface area contributed by atoms with E-state index in [1.54, 1.807) is 4.57 Å². The summed E-state index contributed by atoms with van der Waals surface area (Å²) in [4.78, 5) is 8.48. The van der Waals surface area contributed by atoms with Crippen molar-refractivity contribution in [2.24, 2.45) is 0 Å². The van der Waals surface area contributed by atoms with Gasteiger partial charge in [0.1, 0.15) is 5.82 Å². The molecule has 0 aliphatic carbocycles. The predicted molar refractivity (Wildman–Crippen MR) is 82.0 cm³/mol. The number of hydrogen-bond donors (Lipinski definition) is 1. The number of nitrogens with zero attached hydrogens (tertiary/aromatic N) is 4. The molecule has 0 unspecified atom stereocenters. The van der Waals surface area contributed by atoms with Gasteiger partial charge in [-0.3, -0.25) is 0 Å². The molecule has 0 aromatic carbocycles. The van der Waals surface area contributed by atoms with E-state index in [0.717, 1.165) is 24.5 Å². The topological polar surface area (TPSA) is 81.8 Å². The molecule has 1 aliphatic heterocycles. The van der Waals surface area contributed by atoms with E-state index >= 15 is 0 Å². The van der Waals surface area contributed by atoms with Gasteiger partial charge < -0.3 is 9.13 Å². The van der Waals surface area contributed by atoms with Crippen molar-refractivity contribution < 1.29 is 8.42 Å². The van der Waals surface area contributed by atoms with Crippen LogP contribution in [0.25, 0.3) is 0 Å². The summed E-state index contributed by atoms with van der Waals surface area (Å²) in [6.45, 7) is 3.82. The van der Waals surface area contributed by atoms with Crippen LogP contribution in [0.3, 0.4) is 0 Å². The molecule has 0 bridgehead atoms. The standard InChI is InChI=1S/C14H21N5O2S/c1-2-18-11-15-9-14(18)22(20,21)16-7-6-12-10-19-8-4-3-5-13(19)17-12/h9-11,16H,2-8H2,1H3. The average molecular weight is 323 g/mol. The predicted octanol–water partition coefficient (Wildman–Crippen LogP) is 0.957. The molecule has 2 aromatic rings. The molecule has 22 heavy (non-hydrogen) atoms. The third-order valence-corrected chi connectivity index (χ3v) is 5.40. The SMILES string of the molecule is CCn1cncc1S(=O)(=O)NCCc1cn2c(n1)CCCC2. The van der Waals surface area contributed by atoms with Crippen LogP contribution in [0.2, 0.25) is 0 Å². The monoisotopic (exact) mass is 323 g/mol. The van der Waals surface area contributed by atoms with Crippen molar-refractivity contribution in [3.63, 3.8) is 0 Å². The molecule has 7 nitrogen and oxygen atoms in total. The van der Waals surface area contributed by atoms with E-state index in [1.807, 2.05) is 13.1 Å². The van der Waals surface area contributed by atoms with Gasteiger partial charge in [-0.15, -0.1) is 0 Å². The molecule has 3 heterocycles. The summed E-state index contributed by atoms with van der Waals surface area (Å²) in [5.41, 5.74) is 0.948. The largest absolute Gasteiger partial charge is 0.335 e. The molecule has 0 spiro atoms. The van der Waals surface area contributed by atoms with Crippen molar-refractivity contribution >= 4 is 10.0 Å². The highest BCUT2D eigenvalue weighted by Crippen LogP contribution is 2.15. The van der Waals surface area contributed by atoms with Crippen LogP contribution in [0.1, 0.15) is 31.3 Å². The van der Waals surface area contributed by atoms with E-state index in [1.165, 1.54) is 25.4 Å². The zero-order chi connectivity index (χ0) is 15.6. The van der Waals surface area contributed by atoms with Gasteiger partial charge in [0.2, 0.25) is 0 Å². The molecule has 0 radical (unpaired) electrons. The van der Waals surface area contributed by atoms with Crippen molar-refractivity contribution in [3.05, 3.63) is 30.2 Å². The highest BCUT2D eigenvalue weighted by Gasteiger charge is 2.18. The molecule has 0 amide bonds. The quantitative estimate of drug-likeness (QED) is 0.858. The Kier molecular flexibility index (Phi) is 4.30. The first kappa shape index (κ1) is 15.2. The van der Waals surface area contributed by atoms with E-state index in [2.05, 4.69) is 19.3 Å². The van der Waals surface area contributed by atoms with Gasteiger partial charge in [-0.2, -0.15) is 0 Å². The maximum Gasteiger partial charge on any atom is 0.257 e. The normalized spacial score (nSPS) is 15.0. The third-order valence-electron chi connectivity index (χ3n) is 3.92. The van der Waals surface area contributed by atoms with Crippen LogP contribution in [-0.4, -0.2) is 34.1 Å². The van der Waals surface area contributed by atoms with Gasteiger partial charge in [0, 0.05) is 38.7 Å². The summed E-state index contributed by atoms with van der Waals surface area (Å²) in [5.74, 6) is 1.12. The van der Waals surface area contributed by atoms with Crippen molar-refractivity contribution in [2.75, 3.05) is 6.54 Å². The number of sulfonamides is 1. The van der Waals surface area contributed by atoms with Gasteiger partial charge in [-0.05, 0) is 19.8 Å². The zero-order valence-electron chi connectivity index (χ0n) is 12.7. The van der Waals surface area contributed by atoms with Gasteiger partial charge in [0.05, 0.1) is 18.2 Å². The van der Waals surface area contributed by atoms with Crippen LogP contribution >= 0.6 is 0 Å². The Morgan fingerprint density at radius 2 is 2.23 bits per heavy atom. The minimum absolute atomic E-state index is 0.208. The Morgan fingerprint density at radius 3 is 3.00 bits per heavy atom. The third kappa shape index (κ3) is 3.07. The average Bonchev–Trinajstić information content (AvgIpc) is 3.13. The molecule has 1 aliphatic rings. The molecular weight excluding hydrogens is 302 g/mol. The lowest BCUT2D eigenvalue weighted by Gasteiger charge is -2.11. The van der Waals surface area contributed by atoms with Crippen LogP contribution in [0.5, 0.6) is 0 Å². The Labute approximate surface area is 130 Å². The number of nitrogens with one attached hydrogen (secondary N) is 1. The molecule has 0 fully saturated rings. The van der Waals surface area contributed by atoms with Crippen LogP contribution in [0.15, 0.2) is 23.7 Å². The molecule has 0 saturated heterocycles. The zero-order valence-corrected chi connectivity index (χ0v) is 13.5. The molecule has 3 rings (SSSR count). The maximum atomic E-state index is 12.3. The summed E-state index contributed by atoms with van der Waals surface area (Å²) >= 11 is 0. The minimum atomic E-state index is -3.52. The van der Waals surface area contributed by atoms with Gasteiger partial charge in [0.25, 0.3) is 10.0 Å². The van der Waals surface area contributed by atoms with Crippen LogP contribution in [0.4, 0.5) is 0 Å². The molecule has 1 N–H and O–H groups in total. The summed E-state index contributed by atoms with van der Waals surface area (Å²) in [6.07, 6.45) is 8.93. The summed E-state index contributed by atoms with van der Waals surface area (Å²) in [6, 6.07) is 0. The Morgan fingerprint density at radius 1 is 1.36 bits per heavy atom. The fraction of sp³-hybridized carbons (Fsp3) is 0.571. The molecule has 120 valence electrons. The van der Waals surface area contributed by atoms with Crippen molar-refractivity contribution in [2.45, 2.75) is 50.7 Å². The second-order valence-corrected chi connectivity index (χ2v) is 7.18. The minimum Gasteiger partial charge on any atom is -0.335 e. The second-order valence-electron chi connectivity index (χ2n) is 5.46. The van der Waals surface area contributed by atoms with E-state index in [-0.39, 0.29) is 5.03 Å². The number of imidazole rings is 2. The van der Waals surface area contributed by atoms with Gasteiger partial charge in [0.15, 0.2) is 5.03 Å². The summed E-state index contributed by atoms with van der Waals surface area (Å²) in [7, 11) is -3.52. The maximum absolute atomic E-state index is 12.3. The van der Waals surface area contributed by atoms with Crippen molar-refractivity contribution in [1.82, 2.24) is 23.8 Å². The van der Waals surface area contributed by atoms with Crippen LogP contribution in [0, 0.1) is 0 Å². The fourth-order valence-electron chi connectivity index (χ4n) is 2.75. The first-order valence-corrected chi connectivity index (χ1v) is 9.13. The molecule has 0 atom stereocenters. The first-order chi connectivity index (χ1) is 10.6. The van der Waals surface area contributed by atoms with Gasteiger partial charge in [-0.1, -0.05) is 0 Å². The lowest BCUT2D eigenvalue weighted by molar-refractivity contribution is 0.522. The molecular formula is C14H21N5O2S. The van der Waals surface area contributed by atoms with E-state index in [9.17, 15) is 8.42 Å².